The second kappa shape index (κ2) is 5.19. The molecule has 0 aromatic heterocycles. The van der Waals surface area contributed by atoms with Crippen molar-refractivity contribution in [1.29, 1.82) is 0 Å². The third kappa shape index (κ3) is 3.74. The Hall–Kier alpha value is -0.610. The van der Waals surface area contributed by atoms with Crippen LogP contribution in [-0.2, 0) is 9.53 Å². The summed E-state index contributed by atoms with van der Waals surface area (Å²) in [5.41, 5.74) is 0. The number of carbonyl (C=O) groups is 1. The van der Waals surface area contributed by atoms with Gasteiger partial charge in [-0.15, -0.1) is 0 Å². The van der Waals surface area contributed by atoms with Crippen LogP contribution in [0.15, 0.2) is 0 Å². The fraction of sp³-hybridized carbons (Fsp3) is 0.889. The lowest BCUT2D eigenvalue weighted by atomic mass is 9.98. The van der Waals surface area contributed by atoms with E-state index < -0.39 is 5.97 Å². The van der Waals surface area contributed by atoms with Crippen molar-refractivity contribution >= 4 is 5.97 Å². The molecular formula is C9H17NO3. The van der Waals surface area contributed by atoms with Crippen LogP contribution in [0.25, 0.3) is 0 Å². The second-order valence-electron chi connectivity index (χ2n) is 3.48. The van der Waals surface area contributed by atoms with Crippen LogP contribution in [0.5, 0.6) is 0 Å². The molecule has 0 spiro atoms. The lowest BCUT2D eigenvalue weighted by Crippen LogP contribution is -2.47. The van der Waals surface area contributed by atoms with Gasteiger partial charge in [0.1, 0.15) is 6.61 Å². The summed E-state index contributed by atoms with van der Waals surface area (Å²) in [5, 5.41) is 8.29. The highest BCUT2D eigenvalue weighted by molar-refractivity contribution is 5.67. The standard InChI is InChI=1S/C9H17NO3/c1-2-8-5-10(6-8)3-4-13-7-9(11)12/h8H,2-7H2,1H3,(H,11,12). The molecule has 4 heteroatoms. The Kier molecular flexibility index (Phi) is 4.18. The maximum atomic E-state index is 10.1. The summed E-state index contributed by atoms with van der Waals surface area (Å²) in [6.07, 6.45) is 1.24. The number of nitrogens with zero attached hydrogens (tertiary/aromatic N) is 1. The summed E-state index contributed by atoms with van der Waals surface area (Å²) < 4.78 is 4.93. The van der Waals surface area contributed by atoms with Crippen LogP contribution in [-0.4, -0.2) is 48.8 Å². The molecule has 13 heavy (non-hydrogen) atoms. The number of rotatable bonds is 6. The predicted molar refractivity (Wildman–Crippen MR) is 48.7 cm³/mol. The average molecular weight is 187 g/mol. The number of hydrogen-bond donors (Lipinski definition) is 1. The van der Waals surface area contributed by atoms with Crippen LogP contribution in [0.1, 0.15) is 13.3 Å². The molecule has 1 aliphatic rings. The second-order valence-corrected chi connectivity index (χ2v) is 3.48. The molecule has 1 heterocycles. The number of likely N-dealkylation sites (tertiary alicyclic amines) is 1. The van der Waals surface area contributed by atoms with Crippen molar-refractivity contribution in [2.45, 2.75) is 13.3 Å². The SMILES string of the molecule is CCC1CN(CCOCC(=O)O)C1. The van der Waals surface area contributed by atoms with Gasteiger partial charge in [-0.05, 0) is 5.92 Å². The van der Waals surface area contributed by atoms with E-state index in [2.05, 4.69) is 11.8 Å². The van der Waals surface area contributed by atoms with E-state index in [1.165, 1.54) is 6.42 Å². The molecule has 76 valence electrons. The molecule has 0 amide bonds. The molecule has 4 nitrogen and oxygen atoms in total. The Balaban J connectivity index is 1.88. The molecular weight excluding hydrogens is 170 g/mol. The summed E-state index contributed by atoms with van der Waals surface area (Å²) in [6, 6.07) is 0. The summed E-state index contributed by atoms with van der Waals surface area (Å²) in [6.45, 7) is 5.71. The van der Waals surface area contributed by atoms with Gasteiger partial charge in [0.2, 0.25) is 0 Å². The Bertz CT molecular complexity index is 166. The molecule has 0 bridgehead atoms. The maximum Gasteiger partial charge on any atom is 0.329 e. The summed E-state index contributed by atoms with van der Waals surface area (Å²) in [4.78, 5) is 12.4. The monoisotopic (exact) mass is 187 g/mol. The van der Waals surface area contributed by atoms with Crippen molar-refractivity contribution in [2.75, 3.05) is 32.8 Å². The molecule has 1 rings (SSSR count). The number of aliphatic carboxylic acids is 1. The molecule has 0 radical (unpaired) electrons. The van der Waals surface area contributed by atoms with Crippen LogP contribution in [0, 0.1) is 5.92 Å². The maximum absolute atomic E-state index is 10.1. The molecule has 0 saturated carbocycles. The highest BCUT2D eigenvalue weighted by Crippen LogP contribution is 2.17. The number of ether oxygens (including phenoxy) is 1. The first-order valence-electron chi connectivity index (χ1n) is 4.74. The first kappa shape index (κ1) is 10.5. The van der Waals surface area contributed by atoms with E-state index in [-0.39, 0.29) is 6.61 Å². The van der Waals surface area contributed by atoms with Gasteiger partial charge in [0.25, 0.3) is 0 Å². The zero-order valence-corrected chi connectivity index (χ0v) is 8.03. The Morgan fingerprint density at radius 1 is 1.62 bits per heavy atom. The zero-order chi connectivity index (χ0) is 9.68. The molecule has 0 unspecified atom stereocenters. The average Bonchev–Trinajstić information content (AvgIpc) is 2.00. The predicted octanol–water partition coefficient (Wildman–Crippen LogP) is 0.429. The third-order valence-corrected chi connectivity index (χ3v) is 2.39. The Morgan fingerprint density at radius 2 is 2.31 bits per heavy atom. The number of carboxylic acids is 1. The third-order valence-electron chi connectivity index (χ3n) is 2.39. The molecule has 0 aromatic carbocycles. The molecule has 1 aliphatic heterocycles. The quantitative estimate of drug-likeness (QED) is 0.613. The van der Waals surface area contributed by atoms with Crippen LogP contribution in [0.2, 0.25) is 0 Å². The highest BCUT2D eigenvalue weighted by atomic mass is 16.5. The molecule has 1 N–H and O–H groups in total. The largest absolute Gasteiger partial charge is 0.480 e. The van der Waals surface area contributed by atoms with Crippen molar-refractivity contribution in [3.8, 4) is 0 Å². The Labute approximate surface area is 78.5 Å². The smallest absolute Gasteiger partial charge is 0.329 e. The van der Waals surface area contributed by atoms with Gasteiger partial charge >= 0.3 is 5.97 Å². The van der Waals surface area contributed by atoms with Gasteiger partial charge in [-0.25, -0.2) is 4.79 Å². The Morgan fingerprint density at radius 3 is 2.85 bits per heavy atom. The van der Waals surface area contributed by atoms with Gasteiger partial charge in [0.15, 0.2) is 0 Å². The van der Waals surface area contributed by atoms with Crippen molar-refractivity contribution in [3.63, 3.8) is 0 Å². The van der Waals surface area contributed by atoms with Crippen molar-refractivity contribution in [1.82, 2.24) is 4.90 Å². The lowest BCUT2D eigenvalue weighted by molar-refractivity contribution is -0.142. The fourth-order valence-corrected chi connectivity index (χ4v) is 1.47. The fourth-order valence-electron chi connectivity index (χ4n) is 1.47. The first-order chi connectivity index (χ1) is 6.22. The topological polar surface area (TPSA) is 49.8 Å². The minimum atomic E-state index is -0.893. The molecule has 1 saturated heterocycles. The van der Waals surface area contributed by atoms with E-state index >= 15 is 0 Å². The molecule has 0 aliphatic carbocycles. The van der Waals surface area contributed by atoms with Gasteiger partial charge in [-0.2, -0.15) is 0 Å². The van der Waals surface area contributed by atoms with Crippen LogP contribution in [0.3, 0.4) is 0 Å². The van der Waals surface area contributed by atoms with Gasteiger partial charge in [-0.3, -0.25) is 0 Å². The minimum Gasteiger partial charge on any atom is -0.480 e. The number of carboxylic acid groups (broad SMARTS) is 1. The minimum absolute atomic E-state index is 0.176. The highest BCUT2D eigenvalue weighted by Gasteiger charge is 2.23. The van der Waals surface area contributed by atoms with Gasteiger partial charge in [0.05, 0.1) is 6.61 Å². The summed E-state index contributed by atoms with van der Waals surface area (Å²) >= 11 is 0. The van der Waals surface area contributed by atoms with Crippen LogP contribution >= 0.6 is 0 Å². The molecule has 0 atom stereocenters. The van der Waals surface area contributed by atoms with Crippen LogP contribution < -0.4 is 0 Å². The van der Waals surface area contributed by atoms with Crippen molar-refractivity contribution in [3.05, 3.63) is 0 Å². The number of hydrogen-bond acceptors (Lipinski definition) is 3. The normalized spacial score (nSPS) is 18.5. The zero-order valence-electron chi connectivity index (χ0n) is 8.03. The lowest BCUT2D eigenvalue weighted by Gasteiger charge is -2.38. The summed E-state index contributed by atoms with van der Waals surface area (Å²) in [7, 11) is 0. The first-order valence-corrected chi connectivity index (χ1v) is 4.74. The van der Waals surface area contributed by atoms with Crippen molar-refractivity contribution in [2.24, 2.45) is 5.92 Å². The molecule has 1 fully saturated rings. The van der Waals surface area contributed by atoms with E-state index in [0.29, 0.717) is 6.61 Å². The van der Waals surface area contributed by atoms with Gasteiger partial charge in [-0.1, -0.05) is 13.3 Å². The summed E-state index contributed by atoms with van der Waals surface area (Å²) in [5.74, 6) is -0.0467. The molecule has 0 aromatic rings. The van der Waals surface area contributed by atoms with E-state index in [4.69, 9.17) is 9.84 Å². The van der Waals surface area contributed by atoms with E-state index in [9.17, 15) is 4.79 Å². The van der Waals surface area contributed by atoms with Crippen LogP contribution in [0.4, 0.5) is 0 Å². The van der Waals surface area contributed by atoms with E-state index in [1.54, 1.807) is 0 Å². The van der Waals surface area contributed by atoms with E-state index in [1.807, 2.05) is 0 Å². The van der Waals surface area contributed by atoms with Gasteiger partial charge < -0.3 is 14.7 Å². The van der Waals surface area contributed by atoms with Gasteiger partial charge in [0, 0.05) is 19.6 Å². The van der Waals surface area contributed by atoms with E-state index in [0.717, 1.165) is 25.6 Å². The van der Waals surface area contributed by atoms with Crippen molar-refractivity contribution < 1.29 is 14.6 Å².